The molecule has 6 unspecified atom stereocenters. The van der Waals surface area contributed by atoms with E-state index in [1.54, 1.807) is 0 Å². The first-order chi connectivity index (χ1) is 66.6. The van der Waals surface area contributed by atoms with Crippen molar-refractivity contribution in [3.05, 3.63) is 273 Å². The first-order valence-electron chi connectivity index (χ1n) is 47.5. The number of aryl methyl sites for hydroxylation is 1. The van der Waals surface area contributed by atoms with Crippen LogP contribution in [0, 0.1) is 3.57 Å². The largest absolute Gasteiger partial charge is 0.494 e. The number of halogens is 5. The van der Waals surface area contributed by atoms with E-state index in [0.29, 0.717) is 58.7 Å². The zero-order chi connectivity index (χ0) is 99.9. The number of aromatic nitrogens is 2. The number of benzene rings is 9. The van der Waals surface area contributed by atoms with E-state index in [-0.39, 0.29) is 54.9 Å². The highest BCUT2D eigenvalue weighted by atomic mass is 127. The Hall–Kier alpha value is -7.39. The minimum atomic E-state index is -3.35. The number of ether oxygens (including phenoxy) is 3. The maximum absolute atomic E-state index is 11.9. The van der Waals surface area contributed by atoms with Gasteiger partial charge in [-0.2, -0.15) is 21.3 Å². The first-order valence-corrected chi connectivity index (χ1v) is 59.1. The standard InChI is InChI=1S/C26H35BN2O5S.C26H30N4O3S.C20H23BrN2O3S.C11H14BrNO3S.C10H12BrNO.C6H4BrI.C4H9NO/c1-25(2)26(3,4)34-27(33-25)21-7-9-22(10-8-21)28-14-13-24(18-28)32-23-11-6-20-17-29(35(5,30)31)15-12-19(20)16-23;1-3-19-15-27-26(28-16-19)20-4-7-23(8-5-20)29-12-11-25(18-29)33-24-9-6-22-17-30(34(2,31)32)13-10-21(22)14-24;1-27(24,25)23-11-8-15-12-19(7-2-16(15)13-23)26-20-9-10-22(14-20)18-5-3-17(21)4-6-18;1-17(14,15)16-11-6-7-13(8-11)10-4-2-9(12)3-5-10;11-8-1-3-9(4-2-8)12-6-5-10(13)7-12;7-5-1-3-6(8)4-2-5;6-4-1-2-5-3-4/h6-11,16,24H,12-15,17-18H2,1-5H3;4-9,14-16,25H,3,10-13,17-18H2,1-2H3;2-7,12,20H,8-11,13-14H2,1H3;2-5,11H,6-8H2,1H3;1-4,10,13H,5-7H2;1-4H;4-6H,1-3H2. The zero-order valence-corrected chi connectivity index (χ0v) is 92.4. The summed E-state index contributed by atoms with van der Waals surface area (Å²) >= 11 is 15.9. The van der Waals surface area contributed by atoms with E-state index in [2.05, 4.69) is 276 Å². The Morgan fingerprint density at radius 2 is 0.743 bits per heavy atom. The Morgan fingerprint density at radius 1 is 0.414 bits per heavy atom. The van der Waals surface area contributed by atoms with Gasteiger partial charge in [0.2, 0.25) is 30.1 Å². The average molecular weight is 2360 g/mol. The maximum atomic E-state index is 11.9. The zero-order valence-electron chi connectivity index (χ0n) is 80.7. The lowest BCUT2D eigenvalue weighted by atomic mass is 9.79. The molecule has 11 heterocycles. The lowest BCUT2D eigenvalue weighted by Crippen LogP contribution is -2.41. The van der Waals surface area contributed by atoms with Crippen LogP contribution >= 0.6 is 86.3 Å². The SMILES string of the molecule is Brc1ccc(I)cc1.CC1(C)OB(c2ccc(N3CCC(Oc4ccc5c(c4)CCN(S(C)(=O)=O)C5)C3)cc2)OC1(C)C.CCc1cnc(-c2ccc(N3CCC(Oc4ccc5c(c4)CCN(S(C)(=O)=O)C5)C3)cc2)nc1.CS(=O)(=O)N1CCc2cc(OC3CCN(c4ccc(Br)cc4)C3)ccc2C1.CS(=O)(=O)OC1CCN(c2ccc(Br)cc2)C1.OC1CCN(c2ccc(Br)cc2)C1.OC1CCNC1. The van der Waals surface area contributed by atoms with E-state index in [1.165, 1.54) is 74.7 Å². The van der Waals surface area contributed by atoms with Crippen molar-refractivity contribution >= 4 is 168 Å². The van der Waals surface area contributed by atoms with Gasteiger partial charge in [0.1, 0.15) is 35.6 Å². The van der Waals surface area contributed by atoms with Crippen LogP contribution in [0.2, 0.25) is 0 Å². The van der Waals surface area contributed by atoms with Crippen LogP contribution < -0.4 is 49.5 Å². The van der Waals surface area contributed by atoms with Gasteiger partial charge in [0.05, 0.1) is 74.2 Å². The number of sulfonamides is 3. The molecule has 0 aliphatic carbocycles. The number of aliphatic hydroxyl groups is 2. The molecule has 3 N–H and O–H groups in total. The van der Waals surface area contributed by atoms with Crippen molar-refractivity contribution < 1.29 is 71.6 Å². The molecule has 0 radical (unpaired) electrons. The highest BCUT2D eigenvalue weighted by Gasteiger charge is 2.52. The van der Waals surface area contributed by atoms with Crippen LogP contribution in [0.25, 0.3) is 11.4 Å². The molecule has 0 saturated carbocycles. The van der Waals surface area contributed by atoms with E-state index in [1.807, 2.05) is 97.3 Å². The third kappa shape index (κ3) is 31.3. The molecule has 9 aromatic carbocycles. The summed E-state index contributed by atoms with van der Waals surface area (Å²) in [5.74, 6) is 3.35. The molecule has 10 aromatic rings. The molecule has 7 saturated heterocycles. The summed E-state index contributed by atoms with van der Waals surface area (Å²) in [6.45, 7) is 23.6. The summed E-state index contributed by atoms with van der Waals surface area (Å²) in [6, 6.07) is 67.7. The third-order valence-corrected chi connectivity index (χ3v) is 33.8. The Kier molecular flexibility index (Phi) is 37.7. The van der Waals surface area contributed by atoms with E-state index in [9.17, 15) is 38.8 Å². The highest BCUT2D eigenvalue weighted by Crippen LogP contribution is 2.39. The van der Waals surface area contributed by atoms with Crippen molar-refractivity contribution in [3.8, 4) is 28.6 Å². The molecular formula is C103H127BBr4IN11O16S4. The van der Waals surface area contributed by atoms with Gasteiger partial charge in [0.15, 0.2) is 5.82 Å². The Bertz CT molecular complexity index is 6230. The molecule has 0 spiro atoms. The summed E-state index contributed by atoms with van der Waals surface area (Å²) in [5, 5.41) is 21.1. The predicted octanol–water partition coefficient (Wildman–Crippen LogP) is 16.5. The molecule has 1 aromatic heterocycles. The van der Waals surface area contributed by atoms with Crippen LogP contribution in [0.5, 0.6) is 17.2 Å². The fourth-order valence-corrected chi connectivity index (χ4v) is 22.4. The summed E-state index contributed by atoms with van der Waals surface area (Å²) in [7, 11) is -13.2. The van der Waals surface area contributed by atoms with E-state index in [0.717, 1.165) is 210 Å². The molecule has 27 nitrogen and oxygen atoms in total. The van der Waals surface area contributed by atoms with Gasteiger partial charge >= 0.3 is 7.12 Å². The average Bonchev–Trinajstić information content (AvgIpc) is 1.62. The fourth-order valence-electron chi connectivity index (χ4n) is 18.0. The van der Waals surface area contributed by atoms with E-state index in [4.69, 9.17) is 32.8 Å². The van der Waals surface area contributed by atoms with Gasteiger partial charge in [0.25, 0.3) is 10.1 Å². The van der Waals surface area contributed by atoms with Crippen LogP contribution in [0.15, 0.2) is 230 Å². The number of rotatable bonds is 19. The van der Waals surface area contributed by atoms with Crippen LogP contribution in [0.3, 0.4) is 0 Å². The number of β-amino-alcohol motifs (C(OH)–C–C–N with tert-alkyl or cyclic N) is 2. The second-order valence-corrected chi connectivity index (χ2v) is 50.3. The summed E-state index contributed by atoms with van der Waals surface area (Å²) in [4.78, 5) is 20.3. The first kappa shape index (κ1) is 108. The minimum absolute atomic E-state index is 0.0648. The molecule has 10 aliphatic heterocycles. The van der Waals surface area contributed by atoms with Crippen molar-refractivity contribution in [3.63, 3.8) is 0 Å². The van der Waals surface area contributed by atoms with Crippen LogP contribution in [0.4, 0.5) is 28.4 Å². The predicted molar refractivity (Wildman–Crippen MR) is 581 cm³/mol. The molecule has 6 atom stereocenters. The second kappa shape index (κ2) is 48.7. The molecule has 752 valence electrons. The summed E-state index contributed by atoms with van der Waals surface area (Å²) < 4.78 is 139. The topological polar surface area (TPSA) is 296 Å². The van der Waals surface area contributed by atoms with Crippen LogP contribution in [0.1, 0.15) is 112 Å². The molecule has 0 amide bonds. The van der Waals surface area contributed by atoms with E-state index < -0.39 is 40.2 Å². The molecular weight excluding hydrogens is 2230 g/mol. The van der Waals surface area contributed by atoms with Crippen molar-refractivity contribution in [1.82, 2.24) is 28.2 Å². The Labute approximate surface area is 874 Å². The third-order valence-electron chi connectivity index (χ3n) is 26.6. The molecule has 7 fully saturated rings. The van der Waals surface area contributed by atoms with Gasteiger partial charge < -0.3 is 63.5 Å². The van der Waals surface area contributed by atoms with Gasteiger partial charge in [-0.15, -0.1) is 0 Å². The quantitative estimate of drug-likeness (QED) is 0.0385. The van der Waals surface area contributed by atoms with Crippen molar-refractivity contribution in [2.75, 3.05) is 148 Å². The van der Waals surface area contributed by atoms with Crippen molar-refractivity contribution in [2.24, 2.45) is 0 Å². The molecule has 37 heteroatoms. The summed E-state index contributed by atoms with van der Waals surface area (Å²) in [5.41, 5.74) is 15.1. The van der Waals surface area contributed by atoms with Gasteiger partial charge in [0, 0.05) is 179 Å². The van der Waals surface area contributed by atoms with Crippen molar-refractivity contribution in [1.29, 1.82) is 0 Å². The van der Waals surface area contributed by atoms with E-state index >= 15 is 0 Å². The second-order valence-electron chi connectivity index (χ2n) is 37.8. The molecule has 0 bridgehead atoms. The highest BCUT2D eigenvalue weighted by molar-refractivity contribution is 14.1. The maximum Gasteiger partial charge on any atom is 0.494 e. The number of nitrogens with zero attached hydrogens (tertiary/aromatic N) is 10. The van der Waals surface area contributed by atoms with Gasteiger partial charge in [-0.05, 0) is 316 Å². The van der Waals surface area contributed by atoms with Crippen LogP contribution in [-0.4, -0.2) is 245 Å². The smallest absolute Gasteiger partial charge is 0.489 e. The number of hydrogen-bond donors (Lipinski definition) is 3. The lowest BCUT2D eigenvalue weighted by Gasteiger charge is -2.32. The number of anilines is 5. The normalized spacial score (nSPS) is 21.1. The number of aliphatic hydroxyl groups excluding tert-OH is 2. The molecule has 10 aliphatic rings. The van der Waals surface area contributed by atoms with Crippen molar-refractivity contribution in [2.45, 2.75) is 166 Å². The van der Waals surface area contributed by atoms with Gasteiger partial charge in [-0.25, -0.2) is 35.2 Å². The number of hydrogen-bond acceptors (Lipinski definition) is 24. The number of fused-ring (bicyclic) bond motifs is 3. The Morgan fingerprint density at radius 3 is 1.05 bits per heavy atom. The lowest BCUT2D eigenvalue weighted by molar-refractivity contribution is 0.00578. The monoisotopic (exact) mass is 2360 g/mol. The van der Waals surface area contributed by atoms with Gasteiger partial charge in [-0.3, -0.25) is 4.18 Å². The minimum Gasteiger partial charge on any atom is -0.489 e. The molecule has 140 heavy (non-hydrogen) atoms. The van der Waals surface area contributed by atoms with Gasteiger partial charge in [-0.1, -0.05) is 101 Å². The fraction of sp³-hybridized carbons (Fsp3) is 0.437. The molecule has 20 rings (SSSR count). The van der Waals surface area contributed by atoms with Crippen LogP contribution in [-0.2, 0) is 99.0 Å². The summed E-state index contributed by atoms with van der Waals surface area (Å²) in [6.07, 6.45) is 17.2. The Balaban J connectivity index is 0.000000138. The number of nitrogens with one attached hydrogen (secondary N) is 1.